The van der Waals surface area contributed by atoms with E-state index in [-0.39, 0.29) is 0 Å². The summed E-state index contributed by atoms with van der Waals surface area (Å²) >= 11 is 0. The highest BCUT2D eigenvalue weighted by Crippen LogP contribution is 2.28. The number of hydrogen-bond donors (Lipinski definition) is 1. The molecule has 0 bridgehead atoms. The molecule has 3 rings (SSSR count). The third-order valence-corrected chi connectivity index (χ3v) is 3.83. The molecule has 2 aromatic rings. The maximum Gasteiger partial charge on any atom is 0.140 e. The van der Waals surface area contributed by atoms with Gasteiger partial charge < -0.3 is 15.5 Å². The normalized spacial score (nSPS) is 19.5. The van der Waals surface area contributed by atoms with Crippen molar-refractivity contribution in [2.24, 2.45) is 0 Å². The number of fused-ring (bicyclic) bond motifs is 1. The van der Waals surface area contributed by atoms with Crippen LogP contribution < -0.4 is 10.6 Å². The summed E-state index contributed by atoms with van der Waals surface area (Å²) in [5.74, 6) is 1.00. The minimum absolute atomic E-state index is 0.589. The first-order valence-electron chi connectivity index (χ1n) is 6.57. The lowest BCUT2D eigenvalue weighted by Gasteiger charge is -2.21. The summed E-state index contributed by atoms with van der Waals surface area (Å²) in [6.45, 7) is 2.04. The van der Waals surface area contributed by atoms with E-state index in [1.807, 2.05) is 18.2 Å². The fraction of sp³-hybridized carbons (Fsp3) is 0.429. The number of nitrogens with two attached hydrogens (primary N) is 1. The Bertz CT molecular complexity index is 595. The minimum Gasteiger partial charge on any atom is -0.399 e. The fourth-order valence-corrected chi connectivity index (χ4v) is 2.67. The Balaban J connectivity index is 1.99. The van der Waals surface area contributed by atoms with Crippen LogP contribution in [0.25, 0.3) is 10.9 Å². The van der Waals surface area contributed by atoms with E-state index in [0.717, 1.165) is 35.5 Å². The molecule has 2 heterocycles. The van der Waals surface area contributed by atoms with Gasteiger partial charge in [-0.3, -0.25) is 0 Å². The highest BCUT2D eigenvalue weighted by molar-refractivity contribution is 5.91. The van der Waals surface area contributed by atoms with Crippen LogP contribution in [0.3, 0.4) is 0 Å². The number of nitrogens with zero attached hydrogens (tertiary/aromatic N) is 4. The van der Waals surface area contributed by atoms with E-state index in [0.29, 0.717) is 6.04 Å². The van der Waals surface area contributed by atoms with Crippen LogP contribution in [0.2, 0.25) is 0 Å². The van der Waals surface area contributed by atoms with Gasteiger partial charge in [0.05, 0.1) is 5.52 Å². The zero-order chi connectivity index (χ0) is 13.4. The number of aromatic nitrogens is 2. The van der Waals surface area contributed by atoms with Gasteiger partial charge in [-0.2, -0.15) is 0 Å². The van der Waals surface area contributed by atoms with Crippen molar-refractivity contribution in [1.82, 2.24) is 14.9 Å². The topological polar surface area (TPSA) is 58.3 Å². The predicted molar refractivity (Wildman–Crippen MR) is 78.3 cm³/mol. The van der Waals surface area contributed by atoms with Gasteiger partial charge in [-0.05, 0) is 38.7 Å². The van der Waals surface area contributed by atoms with Gasteiger partial charge in [0.15, 0.2) is 0 Å². The van der Waals surface area contributed by atoms with E-state index < -0.39 is 0 Å². The molecule has 1 aliphatic heterocycles. The number of benzene rings is 1. The summed E-state index contributed by atoms with van der Waals surface area (Å²) in [4.78, 5) is 13.4. The molecule has 0 spiro atoms. The molecule has 0 radical (unpaired) electrons. The SMILES string of the molecule is CN(C)C1CCN(c2ncnc3ccc(N)cc23)C1. The molecule has 1 unspecified atom stereocenters. The molecule has 100 valence electrons. The van der Waals surface area contributed by atoms with Crippen LogP contribution in [0.1, 0.15) is 6.42 Å². The Morgan fingerprint density at radius 1 is 1.32 bits per heavy atom. The number of rotatable bonds is 2. The summed E-state index contributed by atoms with van der Waals surface area (Å²) in [7, 11) is 4.26. The fourth-order valence-electron chi connectivity index (χ4n) is 2.67. The quantitative estimate of drug-likeness (QED) is 0.823. The summed E-state index contributed by atoms with van der Waals surface area (Å²) in [6, 6.07) is 6.39. The number of anilines is 2. The molecule has 5 nitrogen and oxygen atoms in total. The zero-order valence-corrected chi connectivity index (χ0v) is 11.4. The van der Waals surface area contributed by atoms with Crippen molar-refractivity contribution in [3.8, 4) is 0 Å². The lowest BCUT2D eigenvalue weighted by molar-refractivity contribution is 0.315. The molecule has 1 aromatic heterocycles. The van der Waals surface area contributed by atoms with Crippen LogP contribution in [0.15, 0.2) is 24.5 Å². The molecule has 1 fully saturated rings. The molecule has 19 heavy (non-hydrogen) atoms. The van der Waals surface area contributed by atoms with E-state index in [1.165, 1.54) is 6.42 Å². The first kappa shape index (κ1) is 12.2. The van der Waals surface area contributed by atoms with Crippen LogP contribution in [-0.2, 0) is 0 Å². The molecule has 2 N–H and O–H groups in total. The van der Waals surface area contributed by atoms with Crippen LogP contribution >= 0.6 is 0 Å². The highest BCUT2D eigenvalue weighted by atomic mass is 15.3. The number of nitrogen functional groups attached to an aromatic ring is 1. The minimum atomic E-state index is 0.589. The second-order valence-electron chi connectivity index (χ2n) is 5.33. The maximum absolute atomic E-state index is 5.88. The van der Waals surface area contributed by atoms with Gasteiger partial charge in [-0.25, -0.2) is 9.97 Å². The highest BCUT2D eigenvalue weighted by Gasteiger charge is 2.26. The molecular formula is C14H19N5. The van der Waals surface area contributed by atoms with E-state index in [1.54, 1.807) is 6.33 Å². The lowest BCUT2D eigenvalue weighted by atomic mass is 10.2. The van der Waals surface area contributed by atoms with Crippen molar-refractivity contribution in [3.05, 3.63) is 24.5 Å². The second-order valence-corrected chi connectivity index (χ2v) is 5.33. The Hall–Kier alpha value is -1.88. The largest absolute Gasteiger partial charge is 0.399 e. The van der Waals surface area contributed by atoms with Crippen LogP contribution in [-0.4, -0.2) is 48.1 Å². The number of hydrogen-bond acceptors (Lipinski definition) is 5. The van der Waals surface area contributed by atoms with Crippen LogP contribution in [0, 0.1) is 0 Å². The summed E-state index contributed by atoms with van der Waals surface area (Å²) < 4.78 is 0. The van der Waals surface area contributed by atoms with Gasteiger partial charge in [0.25, 0.3) is 0 Å². The third kappa shape index (κ3) is 2.21. The van der Waals surface area contributed by atoms with Crippen molar-refractivity contribution in [1.29, 1.82) is 0 Å². The smallest absolute Gasteiger partial charge is 0.140 e. The molecule has 0 saturated carbocycles. The predicted octanol–water partition coefficient (Wildman–Crippen LogP) is 1.35. The molecule has 5 heteroatoms. The van der Waals surface area contributed by atoms with Crippen molar-refractivity contribution in [3.63, 3.8) is 0 Å². The van der Waals surface area contributed by atoms with Crippen molar-refractivity contribution < 1.29 is 0 Å². The molecule has 1 aromatic carbocycles. The third-order valence-electron chi connectivity index (χ3n) is 3.83. The van der Waals surface area contributed by atoms with Crippen molar-refractivity contribution >= 4 is 22.4 Å². The standard InChI is InChI=1S/C14H19N5/c1-18(2)11-5-6-19(8-11)14-12-7-10(15)3-4-13(12)16-9-17-14/h3-4,7,9,11H,5-6,8,15H2,1-2H3. The van der Waals surface area contributed by atoms with Gasteiger partial charge >= 0.3 is 0 Å². The van der Waals surface area contributed by atoms with E-state index in [4.69, 9.17) is 5.73 Å². The average molecular weight is 257 g/mol. The first-order valence-corrected chi connectivity index (χ1v) is 6.57. The van der Waals surface area contributed by atoms with Crippen LogP contribution in [0.5, 0.6) is 0 Å². The Morgan fingerprint density at radius 3 is 2.89 bits per heavy atom. The van der Waals surface area contributed by atoms with Gasteiger partial charge in [0.2, 0.25) is 0 Å². The zero-order valence-electron chi connectivity index (χ0n) is 11.4. The van der Waals surface area contributed by atoms with E-state index in [2.05, 4.69) is 33.9 Å². The molecule has 1 saturated heterocycles. The first-order chi connectivity index (χ1) is 9.15. The van der Waals surface area contributed by atoms with Crippen molar-refractivity contribution in [2.75, 3.05) is 37.8 Å². The molecule has 1 aliphatic rings. The summed E-state index contributed by atoms with van der Waals surface area (Å²) in [5, 5.41) is 1.04. The second kappa shape index (κ2) is 4.66. The summed E-state index contributed by atoms with van der Waals surface area (Å²) in [6.07, 6.45) is 2.80. The van der Waals surface area contributed by atoms with Crippen LogP contribution in [0.4, 0.5) is 11.5 Å². The van der Waals surface area contributed by atoms with E-state index >= 15 is 0 Å². The summed E-state index contributed by atoms with van der Waals surface area (Å²) in [5.41, 5.74) is 7.59. The number of likely N-dealkylation sites (N-methyl/N-ethyl adjacent to an activating group) is 1. The van der Waals surface area contributed by atoms with E-state index in [9.17, 15) is 0 Å². The Kier molecular flexibility index (Phi) is 2.98. The van der Waals surface area contributed by atoms with Gasteiger partial charge in [0.1, 0.15) is 12.1 Å². The van der Waals surface area contributed by atoms with Gasteiger partial charge in [-0.1, -0.05) is 0 Å². The van der Waals surface area contributed by atoms with Gasteiger partial charge in [0, 0.05) is 30.2 Å². The Labute approximate surface area is 113 Å². The molecular weight excluding hydrogens is 238 g/mol. The monoisotopic (exact) mass is 257 g/mol. The average Bonchev–Trinajstić information content (AvgIpc) is 2.87. The molecule has 1 atom stereocenters. The maximum atomic E-state index is 5.88. The Morgan fingerprint density at radius 2 is 2.16 bits per heavy atom. The lowest BCUT2D eigenvalue weighted by Crippen LogP contribution is -2.31. The molecule has 0 aliphatic carbocycles. The van der Waals surface area contributed by atoms with Crippen molar-refractivity contribution in [2.45, 2.75) is 12.5 Å². The molecule has 0 amide bonds. The van der Waals surface area contributed by atoms with Gasteiger partial charge in [-0.15, -0.1) is 0 Å².